The molecule has 88 valence electrons. The Hall–Kier alpha value is -3.16. The topological polar surface area (TPSA) is 64.8 Å². The SMILES string of the molecule is [C-]#[N+]c1cc(-c2ccc(C)cn2)cc(C#N)c1C#N. The molecule has 0 fully saturated rings. The first-order valence-electron chi connectivity index (χ1n) is 5.48. The van der Waals surface area contributed by atoms with Gasteiger partial charge in [-0.3, -0.25) is 4.98 Å². The fourth-order valence-corrected chi connectivity index (χ4v) is 1.71. The predicted molar refractivity (Wildman–Crippen MR) is 70.1 cm³/mol. The van der Waals surface area contributed by atoms with Crippen LogP contribution >= 0.6 is 0 Å². The Morgan fingerprint density at radius 1 is 1.21 bits per heavy atom. The van der Waals surface area contributed by atoms with E-state index < -0.39 is 0 Å². The van der Waals surface area contributed by atoms with Crippen LogP contribution in [0.1, 0.15) is 16.7 Å². The van der Waals surface area contributed by atoms with E-state index in [1.54, 1.807) is 18.3 Å². The summed E-state index contributed by atoms with van der Waals surface area (Å²) in [6.45, 7) is 9.03. The highest BCUT2D eigenvalue weighted by molar-refractivity contribution is 5.74. The third-order valence-corrected chi connectivity index (χ3v) is 2.68. The van der Waals surface area contributed by atoms with Crippen molar-refractivity contribution in [3.8, 4) is 23.4 Å². The summed E-state index contributed by atoms with van der Waals surface area (Å²) >= 11 is 0. The first-order valence-corrected chi connectivity index (χ1v) is 5.48. The molecule has 0 aliphatic rings. The molecule has 0 aliphatic carbocycles. The third-order valence-electron chi connectivity index (χ3n) is 2.68. The largest absolute Gasteiger partial charge is 0.256 e. The van der Waals surface area contributed by atoms with Crippen molar-refractivity contribution >= 4 is 5.69 Å². The molecule has 0 radical (unpaired) electrons. The normalized spacial score (nSPS) is 9.16. The Balaban J connectivity index is 2.68. The van der Waals surface area contributed by atoms with Gasteiger partial charge in [0.2, 0.25) is 5.69 Å². The lowest BCUT2D eigenvalue weighted by molar-refractivity contribution is 1.27. The molecule has 4 heteroatoms. The van der Waals surface area contributed by atoms with E-state index in [4.69, 9.17) is 17.1 Å². The molecule has 4 nitrogen and oxygen atoms in total. The number of nitriles is 2. The van der Waals surface area contributed by atoms with Crippen molar-refractivity contribution in [3.63, 3.8) is 0 Å². The standard InChI is InChI=1S/C15H8N4/c1-10-3-4-14(19-9-10)11-5-12(7-16)13(8-17)15(6-11)18-2/h3-6,9H,1H3. The van der Waals surface area contributed by atoms with Crippen LogP contribution < -0.4 is 0 Å². The zero-order chi connectivity index (χ0) is 13.8. The molecule has 0 unspecified atom stereocenters. The summed E-state index contributed by atoms with van der Waals surface area (Å²) in [4.78, 5) is 7.56. The van der Waals surface area contributed by atoms with Gasteiger partial charge in [-0.2, -0.15) is 10.5 Å². The number of aromatic nitrogens is 1. The van der Waals surface area contributed by atoms with Crippen LogP contribution in [-0.4, -0.2) is 4.98 Å². The Labute approximate surface area is 111 Å². The van der Waals surface area contributed by atoms with Gasteiger partial charge in [-0.1, -0.05) is 6.07 Å². The van der Waals surface area contributed by atoms with Crippen LogP contribution in [0.2, 0.25) is 0 Å². The number of benzene rings is 1. The van der Waals surface area contributed by atoms with Crippen molar-refractivity contribution in [2.45, 2.75) is 6.92 Å². The molecule has 1 aromatic carbocycles. The fraction of sp³-hybridized carbons (Fsp3) is 0.0667. The summed E-state index contributed by atoms with van der Waals surface area (Å²) in [5.74, 6) is 0. The predicted octanol–water partition coefficient (Wildman–Crippen LogP) is 3.35. The van der Waals surface area contributed by atoms with Crippen molar-refractivity contribution in [3.05, 3.63) is 58.6 Å². The van der Waals surface area contributed by atoms with Crippen molar-refractivity contribution in [2.24, 2.45) is 0 Å². The molecule has 1 heterocycles. The second-order valence-electron chi connectivity index (χ2n) is 3.97. The molecule has 2 rings (SSSR count). The first kappa shape index (κ1) is 12.3. The maximum absolute atomic E-state index is 9.06. The van der Waals surface area contributed by atoms with E-state index >= 15 is 0 Å². The van der Waals surface area contributed by atoms with E-state index in [1.807, 2.05) is 31.2 Å². The van der Waals surface area contributed by atoms with Crippen LogP contribution in [0.5, 0.6) is 0 Å². The van der Waals surface area contributed by atoms with Gasteiger partial charge in [0.1, 0.15) is 0 Å². The number of nitrogens with zero attached hydrogens (tertiary/aromatic N) is 4. The summed E-state index contributed by atoms with van der Waals surface area (Å²) < 4.78 is 0. The minimum atomic E-state index is 0.119. The molecule has 0 aliphatic heterocycles. The summed E-state index contributed by atoms with van der Waals surface area (Å²) in [6.07, 6.45) is 1.72. The zero-order valence-corrected chi connectivity index (χ0v) is 10.2. The summed E-state index contributed by atoms with van der Waals surface area (Å²) in [5.41, 5.74) is 2.88. The van der Waals surface area contributed by atoms with Crippen molar-refractivity contribution < 1.29 is 0 Å². The second kappa shape index (κ2) is 5.00. The number of rotatable bonds is 1. The summed E-state index contributed by atoms with van der Waals surface area (Å²) in [7, 11) is 0. The Morgan fingerprint density at radius 3 is 2.53 bits per heavy atom. The van der Waals surface area contributed by atoms with Crippen LogP contribution in [-0.2, 0) is 0 Å². The zero-order valence-electron chi connectivity index (χ0n) is 10.2. The van der Waals surface area contributed by atoms with E-state index in [9.17, 15) is 0 Å². The smallest absolute Gasteiger partial charge is 0.206 e. The van der Waals surface area contributed by atoms with Crippen molar-refractivity contribution in [1.82, 2.24) is 4.98 Å². The molecule has 0 atom stereocenters. The van der Waals surface area contributed by atoms with Crippen LogP contribution in [0, 0.1) is 36.2 Å². The average molecular weight is 244 g/mol. The highest BCUT2D eigenvalue weighted by Gasteiger charge is 2.12. The van der Waals surface area contributed by atoms with Gasteiger partial charge in [0.25, 0.3) is 0 Å². The molecule has 19 heavy (non-hydrogen) atoms. The van der Waals surface area contributed by atoms with Gasteiger partial charge in [0.15, 0.2) is 0 Å². The van der Waals surface area contributed by atoms with Gasteiger partial charge < -0.3 is 0 Å². The van der Waals surface area contributed by atoms with Gasteiger partial charge in [-0.25, -0.2) is 4.85 Å². The van der Waals surface area contributed by atoms with E-state index in [-0.39, 0.29) is 16.8 Å². The van der Waals surface area contributed by atoms with E-state index in [0.717, 1.165) is 5.56 Å². The minimum absolute atomic E-state index is 0.119. The number of aryl methyl sites for hydroxylation is 1. The van der Waals surface area contributed by atoms with Gasteiger partial charge >= 0.3 is 0 Å². The lowest BCUT2D eigenvalue weighted by Gasteiger charge is -2.05. The molecular weight excluding hydrogens is 236 g/mol. The second-order valence-corrected chi connectivity index (χ2v) is 3.97. The van der Waals surface area contributed by atoms with Gasteiger partial charge in [-0.15, -0.1) is 0 Å². The van der Waals surface area contributed by atoms with Crippen LogP contribution in [0.3, 0.4) is 0 Å². The van der Waals surface area contributed by atoms with E-state index in [1.165, 1.54) is 0 Å². The molecule has 0 saturated heterocycles. The lowest BCUT2D eigenvalue weighted by Crippen LogP contribution is -1.89. The quantitative estimate of drug-likeness (QED) is 0.722. The van der Waals surface area contributed by atoms with Crippen molar-refractivity contribution in [2.75, 3.05) is 0 Å². The maximum Gasteiger partial charge on any atom is 0.206 e. The van der Waals surface area contributed by atoms with Gasteiger partial charge in [0.05, 0.1) is 35.5 Å². The highest BCUT2D eigenvalue weighted by atomic mass is 14.7. The molecule has 0 N–H and O–H groups in total. The first-order chi connectivity index (χ1) is 9.19. The Bertz CT molecular complexity index is 718. The number of pyridine rings is 1. The van der Waals surface area contributed by atoms with Crippen LogP contribution in [0.15, 0.2) is 30.5 Å². The van der Waals surface area contributed by atoms with Gasteiger partial charge in [-0.05, 0) is 36.2 Å². The minimum Gasteiger partial charge on any atom is -0.256 e. The Kier molecular flexibility index (Phi) is 3.24. The fourth-order valence-electron chi connectivity index (χ4n) is 1.71. The molecule has 1 aromatic heterocycles. The molecular formula is C15H8N4. The maximum atomic E-state index is 9.06. The third kappa shape index (κ3) is 2.27. The van der Waals surface area contributed by atoms with Crippen LogP contribution in [0.4, 0.5) is 5.69 Å². The lowest BCUT2D eigenvalue weighted by atomic mass is 10.0. The Morgan fingerprint density at radius 2 is 2.00 bits per heavy atom. The summed E-state index contributed by atoms with van der Waals surface area (Å²) in [5, 5.41) is 18.1. The molecule has 0 saturated carbocycles. The number of hydrogen-bond donors (Lipinski definition) is 0. The number of hydrogen-bond acceptors (Lipinski definition) is 3. The molecule has 0 spiro atoms. The van der Waals surface area contributed by atoms with Crippen molar-refractivity contribution in [1.29, 1.82) is 10.5 Å². The van der Waals surface area contributed by atoms with E-state index in [2.05, 4.69) is 9.83 Å². The summed E-state index contributed by atoms with van der Waals surface area (Å²) in [6, 6.07) is 10.8. The molecule has 2 aromatic rings. The van der Waals surface area contributed by atoms with E-state index in [0.29, 0.717) is 11.3 Å². The molecule has 0 bridgehead atoms. The average Bonchev–Trinajstić information content (AvgIpc) is 2.46. The molecule has 0 amide bonds. The highest BCUT2D eigenvalue weighted by Crippen LogP contribution is 2.29. The van der Waals surface area contributed by atoms with Crippen LogP contribution in [0.25, 0.3) is 16.1 Å². The van der Waals surface area contributed by atoms with Gasteiger partial charge in [0, 0.05) is 6.20 Å². The monoisotopic (exact) mass is 244 g/mol.